The first-order valence-electron chi connectivity index (χ1n) is 4.65. The largest absolute Gasteiger partial charge is 0.467 e. The van der Waals surface area contributed by atoms with Crippen molar-refractivity contribution >= 4 is 21.7 Å². The summed E-state index contributed by atoms with van der Waals surface area (Å²) < 4.78 is 6.22. The topological polar surface area (TPSA) is 38.1 Å². The number of halogens is 1. The minimum absolute atomic E-state index is 0.641. The average molecular weight is 267 g/mol. The van der Waals surface area contributed by atoms with E-state index in [0.29, 0.717) is 6.54 Å². The van der Waals surface area contributed by atoms with Crippen molar-refractivity contribution in [1.82, 2.24) is 4.98 Å². The molecule has 2 heterocycles. The maximum Gasteiger partial charge on any atom is 0.140 e. The fraction of sp³-hybridized carbons (Fsp3) is 0.182. The van der Waals surface area contributed by atoms with Gasteiger partial charge in [-0.25, -0.2) is 4.98 Å². The molecule has 0 radical (unpaired) electrons. The van der Waals surface area contributed by atoms with Crippen molar-refractivity contribution in [2.24, 2.45) is 0 Å². The standard InChI is InChI=1S/C11H11BrN2O/c1-8-4-5-13-11(10(8)12)14-7-9-3-2-6-15-9/h2-6H,7H2,1H3,(H,13,14). The molecule has 0 unspecified atom stereocenters. The van der Waals surface area contributed by atoms with Gasteiger partial charge in [-0.2, -0.15) is 0 Å². The summed E-state index contributed by atoms with van der Waals surface area (Å²) in [5, 5.41) is 3.20. The van der Waals surface area contributed by atoms with Crippen molar-refractivity contribution < 1.29 is 4.42 Å². The first kappa shape index (κ1) is 10.2. The molecule has 0 saturated carbocycles. The second-order valence-electron chi connectivity index (χ2n) is 3.22. The number of rotatable bonds is 3. The molecule has 2 aromatic rings. The molecule has 78 valence electrons. The van der Waals surface area contributed by atoms with E-state index in [9.17, 15) is 0 Å². The fourth-order valence-electron chi connectivity index (χ4n) is 1.25. The van der Waals surface area contributed by atoms with E-state index in [4.69, 9.17) is 4.42 Å². The van der Waals surface area contributed by atoms with Crippen LogP contribution in [0.3, 0.4) is 0 Å². The van der Waals surface area contributed by atoms with Crippen LogP contribution in [0.5, 0.6) is 0 Å². The van der Waals surface area contributed by atoms with Crippen molar-refractivity contribution in [2.75, 3.05) is 5.32 Å². The van der Waals surface area contributed by atoms with Crippen LogP contribution in [0.2, 0.25) is 0 Å². The van der Waals surface area contributed by atoms with Crippen LogP contribution in [-0.4, -0.2) is 4.98 Å². The molecule has 0 bridgehead atoms. The molecule has 0 saturated heterocycles. The van der Waals surface area contributed by atoms with Crippen LogP contribution in [-0.2, 0) is 6.54 Å². The number of aromatic nitrogens is 1. The van der Waals surface area contributed by atoms with Gasteiger partial charge in [-0.05, 0) is 46.6 Å². The van der Waals surface area contributed by atoms with E-state index in [1.807, 2.05) is 25.1 Å². The average Bonchev–Trinajstić information content (AvgIpc) is 2.73. The highest BCUT2D eigenvalue weighted by Crippen LogP contribution is 2.23. The second kappa shape index (κ2) is 4.49. The van der Waals surface area contributed by atoms with Crippen LogP contribution >= 0.6 is 15.9 Å². The van der Waals surface area contributed by atoms with Gasteiger partial charge < -0.3 is 9.73 Å². The van der Waals surface area contributed by atoms with Gasteiger partial charge in [-0.1, -0.05) is 0 Å². The number of hydrogen-bond acceptors (Lipinski definition) is 3. The van der Waals surface area contributed by atoms with Gasteiger partial charge in [-0.3, -0.25) is 0 Å². The van der Waals surface area contributed by atoms with Crippen molar-refractivity contribution in [1.29, 1.82) is 0 Å². The fourth-order valence-corrected chi connectivity index (χ4v) is 1.62. The molecule has 15 heavy (non-hydrogen) atoms. The molecule has 0 atom stereocenters. The van der Waals surface area contributed by atoms with Crippen LogP contribution in [0.1, 0.15) is 11.3 Å². The summed E-state index contributed by atoms with van der Waals surface area (Å²) in [5.74, 6) is 1.73. The second-order valence-corrected chi connectivity index (χ2v) is 4.02. The molecule has 0 aromatic carbocycles. The molecule has 3 nitrogen and oxygen atoms in total. The quantitative estimate of drug-likeness (QED) is 0.926. The normalized spacial score (nSPS) is 10.3. The smallest absolute Gasteiger partial charge is 0.140 e. The van der Waals surface area contributed by atoms with Gasteiger partial charge in [0.1, 0.15) is 11.6 Å². The number of pyridine rings is 1. The van der Waals surface area contributed by atoms with Gasteiger partial charge in [0, 0.05) is 6.20 Å². The van der Waals surface area contributed by atoms with Gasteiger partial charge in [-0.15, -0.1) is 0 Å². The Hall–Kier alpha value is -1.29. The molecule has 0 aliphatic carbocycles. The zero-order valence-corrected chi connectivity index (χ0v) is 9.91. The Morgan fingerprint density at radius 1 is 1.47 bits per heavy atom. The number of anilines is 1. The lowest BCUT2D eigenvalue weighted by Crippen LogP contribution is -2.01. The summed E-state index contributed by atoms with van der Waals surface area (Å²) in [6.45, 7) is 2.67. The first-order chi connectivity index (χ1) is 7.27. The third kappa shape index (κ3) is 2.39. The number of aryl methyl sites for hydroxylation is 1. The molecule has 0 amide bonds. The number of nitrogens with one attached hydrogen (secondary N) is 1. The van der Waals surface area contributed by atoms with Gasteiger partial charge in [0.2, 0.25) is 0 Å². The van der Waals surface area contributed by atoms with E-state index in [1.54, 1.807) is 12.5 Å². The maximum atomic E-state index is 5.22. The van der Waals surface area contributed by atoms with Crippen LogP contribution in [0.4, 0.5) is 5.82 Å². The van der Waals surface area contributed by atoms with Crippen LogP contribution in [0, 0.1) is 6.92 Å². The van der Waals surface area contributed by atoms with E-state index in [1.165, 1.54) is 0 Å². The molecular formula is C11H11BrN2O. The maximum absolute atomic E-state index is 5.22. The van der Waals surface area contributed by atoms with Crippen LogP contribution in [0.25, 0.3) is 0 Å². The van der Waals surface area contributed by atoms with Crippen molar-refractivity contribution in [3.63, 3.8) is 0 Å². The molecule has 0 spiro atoms. The summed E-state index contributed by atoms with van der Waals surface area (Å²) in [6.07, 6.45) is 3.44. The third-order valence-electron chi connectivity index (χ3n) is 2.09. The van der Waals surface area contributed by atoms with Crippen LogP contribution < -0.4 is 5.32 Å². The van der Waals surface area contributed by atoms with Crippen molar-refractivity contribution in [3.8, 4) is 0 Å². The molecule has 1 N–H and O–H groups in total. The van der Waals surface area contributed by atoms with Gasteiger partial charge >= 0.3 is 0 Å². The Kier molecular flexibility index (Phi) is 3.06. The zero-order chi connectivity index (χ0) is 10.7. The van der Waals surface area contributed by atoms with Crippen molar-refractivity contribution in [3.05, 3.63) is 46.5 Å². The highest BCUT2D eigenvalue weighted by Gasteiger charge is 2.03. The van der Waals surface area contributed by atoms with Gasteiger partial charge in [0.15, 0.2) is 0 Å². The lowest BCUT2D eigenvalue weighted by atomic mass is 10.3. The SMILES string of the molecule is Cc1ccnc(NCc2ccco2)c1Br. The molecule has 2 rings (SSSR count). The van der Waals surface area contributed by atoms with Gasteiger partial charge in [0.05, 0.1) is 17.3 Å². The van der Waals surface area contributed by atoms with E-state index in [-0.39, 0.29) is 0 Å². The Labute approximate surface area is 96.6 Å². The molecule has 0 fully saturated rings. The molecular weight excluding hydrogens is 256 g/mol. The lowest BCUT2D eigenvalue weighted by Gasteiger charge is -2.07. The van der Waals surface area contributed by atoms with Gasteiger partial charge in [0.25, 0.3) is 0 Å². The Morgan fingerprint density at radius 2 is 2.33 bits per heavy atom. The van der Waals surface area contributed by atoms with E-state index in [2.05, 4.69) is 26.2 Å². The molecule has 0 aliphatic heterocycles. The van der Waals surface area contributed by atoms with E-state index in [0.717, 1.165) is 21.6 Å². The highest BCUT2D eigenvalue weighted by atomic mass is 79.9. The van der Waals surface area contributed by atoms with E-state index >= 15 is 0 Å². The minimum Gasteiger partial charge on any atom is -0.467 e. The predicted molar refractivity (Wildman–Crippen MR) is 62.7 cm³/mol. The minimum atomic E-state index is 0.641. The summed E-state index contributed by atoms with van der Waals surface area (Å²) in [7, 11) is 0. The first-order valence-corrected chi connectivity index (χ1v) is 5.44. The molecule has 0 aliphatic rings. The molecule has 4 heteroatoms. The number of nitrogens with zero attached hydrogens (tertiary/aromatic N) is 1. The number of furan rings is 1. The Bertz CT molecular complexity index is 440. The van der Waals surface area contributed by atoms with Crippen molar-refractivity contribution in [2.45, 2.75) is 13.5 Å². The summed E-state index contributed by atoms with van der Waals surface area (Å²) in [6, 6.07) is 5.76. The highest BCUT2D eigenvalue weighted by molar-refractivity contribution is 9.10. The zero-order valence-electron chi connectivity index (χ0n) is 8.33. The van der Waals surface area contributed by atoms with E-state index < -0.39 is 0 Å². The number of hydrogen-bond donors (Lipinski definition) is 1. The summed E-state index contributed by atoms with van der Waals surface area (Å²) >= 11 is 3.49. The summed E-state index contributed by atoms with van der Waals surface area (Å²) in [4.78, 5) is 4.24. The van der Waals surface area contributed by atoms with Crippen LogP contribution in [0.15, 0.2) is 39.5 Å². The monoisotopic (exact) mass is 266 g/mol. The Morgan fingerprint density at radius 3 is 3.07 bits per heavy atom. The predicted octanol–water partition coefficient (Wildman–Crippen LogP) is 3.36. The Balaban J connectivity index is 2.08. The lowest BCUT2D eigenvalue weighted by molar-refractivity contribution is 0.518. The third-order valence-corrected chi connectivity index (χ3v) is 3.09. The summed E-state index contributed by atoms with van der Waals surface area (Å²) in [5.41, 5.74) is 1.16. The molecule has 2 aromatic heterocycles.